The third kappa shape index (κ3) is 10.9. The molecule has 0 bridgehead atoms. The van der Waals surface area contributed by atoms with E-state index in [1.165, 1.54) is 34.6 Å². The van der Waals surface area contributed by atoms with Crippen molar-refractivity contribution in [3.8, 4) is 11.5 Å². The van der Waals surface area contributed by atoms with Gasteiger partial charge in [-0.3, -0.25) is 4.90 Å². The molecule has 1 saturated carbocycles. The molecule has 0 spiro atoms. The number of halogens is 4. The van der Waals surface area contributed by atoms with Crippen molar-refractivity contribution in [3.63, 3.8) is 0 Å². The van der Waals surface area contributed by atoms with E-state index in [4.69, 9.17) is 37.4 Å². The van der Waals surface area contributed by atoms with Gasteiger partial charge in [0.1, 0.15) is 16.1 Å². The predicted molar refractivity (Wildman–Crippen MR) is 178 cm³/mol. The topological polar surface area (TPSA) is 122 Å². The Balaban J connectivity index is 1.35. The van der Waals surface area contributed by atoms with Crippen LogP contribution in [0.3, 0.4) is 0 Å². The van der Waals surface area contributed by atoms with Crippen LogP contribution in [0.15, 0.2) is 54.9 Å². The predicted octanol–water partition coefficient (Wildman–Crippen LogP) is 5.25. The molecule has 16 heteroatoms. The van der Waals surface area contributed by atoms with Crippen LogP contribution in [0.1, 0.15) is 46.0 Å². The SMILES string of the molecule is CS(=O)(=O)N(CCN1CCOCC1)Cc1ccc(C(=O)O[C@@H](Cc2c(Cl)c[n+]([O-])cc2Cl)c2ccc(OC(F)F)c(OCC3CC3)c2)cc1. The Labute approximate surface area is 293 Å². The Kier molecular flexibility index (Phi) is 12.6. The normalized spacial score (nSPS) is 16.1. The summed E-state index contributed by atoms with van der Waals surface area (Å²) in [5.41, 5.74) is 1.56. The molecule has 1 aliphatic heterocycles. The van der Waals surface area contributed by atoms with Gasteiger partial charge >= 0.3 is 12.6 Å². The van der Waals surface area contributed by atoms with Crippen LogP contribution in [0.25, 0.3) is 0 Å². The summed E-state index contributed by atoms with van der Waals surface area (Å²) in [4.78, 5) is 15.7. The van der Waals surface area contributed by atoms with E-state index in [0.29, 0.717) is 60.2 Å². The zero-order valence-electron chi connectivity index (χ0n) is 26.7. The van der Waals surface area contributed by atoms with Crippen LogP contribution in [-0.4, -0.2) is 82.5 Å². The number of hydrogen-bond acceptors (Lipinski definition) is 9. The van der Waals surface area contributed by atoms with E-state index in [1.807, 2.05) is 0 Å². The van der Waals surface area contributed by atoms with Crippen molar-refractivity contribution in [2.45, 2.75) is 38.5 Å². The number of nitrogens with zero attached hydrogens (tertiary/aromatic N) is 3. The molecule has 2 heterocycles. The number of esters is 1. The number of carbonyl (C=O) groups excluding carboxylic acids is 1. The summed E-state index contributed by atoms with van der Waals surface area (Å²) < 4.78 is 75.1. The first-order valence-electron chi connectivity index (χ1n) is 15.7. The highest BCUT2D eigenvalue weighted by atomic mass is 35.5. The van der Waals surface area contributed by atoms with E-state index >= 15 is 0 Å². The van der Waals surface area contributed by atoms with E-state index in [9.17, 15) is 27.2 Å². The maximum absolute atomic E-state index is 13.5. The number of rotatable bonds is 16. The van der Waals surface area contributed by atoms with E-state index in [-0.39, 0.29) is 40.1 Å². The largest absolute Gasteiger partial charge is 0.619 e. The molecule has 1 aromatic heterocycles. The number of ether oxygens (including phenoxy) is 4. The average molecular weight is 745 g/mol. The highest BCUT2D eigenvalue weighted by Crippen LogP contribution is 2.38. The molecule has 1 saturated heterocycles. The first kappa shape index (κ1) is 37.0. The molecule has 0 unspecified atom stereocenters. The molecule has 3 aromatic rings. The zero-order chi connectivity index (χ0) is 35.1. The van der Waals surface area contributed by atoms with Gasteiger partial charge < -0.3 is 24.2 Å². The summed E-state index contributed by atoms with van der Waals surface area (Å²) in [5, 5.41) is 12.0. The first-order chi connectivity index (χ1) is 23.4. The van der Waals surface area contributed by atoms with E-state index in [2.05, 4.69) is 9.64 Å². The van der Waals surface area contributed by atoms with Gasteiger partial charge in [0, 0.05) is 44.7 Å². The number of benzene rings is 2. The molecule has 2 aromatic carbocycles. The van der Waals surface area contributed by atoms with Crippen molar-refractivity contribution in [3.05, 3.63) is 92.4 Å². The highest BCUT2D eigenvalue weighted by molar-refractivity contribution is 7.88. The van der Waals surface area contributed by atoms with Crippen molar-refractivity contribution in [2.75, 3.05) is 52.3 Å². The van der Waals surface area contributed by atoms with Crippen LogP contribution < -0.4 is 14.2 Å². The Hall–Kier alpha value is -3.27. The lowest BCUT2D eigenvalue weighted by molar-refractivity contribution is -0.605. The molecule has 266 valence electrons. The number of hydrogen-bond donors (Lipinski definition) is 0. The minimum Gasteiger partial charge on any atom is -0.619 e. The number of aromatic nitrogens is 1. The van der Waals surface area contributed by atoms with Crippen LogP contribution in [0.2, 0.25) is 10.0 Å². The van der Waals surface area contributed by atoms with Crippen molar-refractivity contribution in [2.24, 2.45) is 5.92 Å². The Morgan fingerprint density at radius 1 is 1.08 bits per heavy atom. The second-order valence-electron chi connectivity index (χ2n) is 12.0. The van der Waals surface area contributed by atoms with Gasteiger partial charge in [0.15, 0.2) is 23.9 Å². The Morgan fingerprint density at radius 2 is 1.76 bits per heavy atom. The number of morpholine rings is 1. The van der Waals surface area contributed by atoms with Crippen molar-refractivity contribution >= 4 is 39.2 Å². The number of alkyl halides is 2. The molecule has 1 atom stereocenters. The summed E-state index contributed by atoms with van der Waals surface area (Å²) >= 11 is 12.7. The molecule has 2 aliphatic rings. The summed E-state index contributed by atoms with van der Waals surface area (Å²) in [6.45, 7) is 0.891. The maximum Gasteiger partial charge on any atom is 0.387 e. The summed E-state index contributed by atoms with van der Waals surface area (Å²) in [7, 11) is -3.52. The number of pyridine rings is 1. The summed E-state index contributed by atoms with van der Waals surface area (Å²) in [6.07, 6.45) is 4.22. The van der Waals surface area contributed by atoms with Crippen LogP contribution in [0.5, 0.6) is 11.5 Å². The fourth-order valence-corrected chi connectivity index (χ4v) is 6.64. The summed E-state index contributed by atoms with van der Waals surface area (Å²) in [5.74, 6) is -0.521. The lowest BCUT2D eigenvalue weighted by atomic mass is 10.0. The second-order valence-corrected chi connectivity index (χ2v) is 14.8. The fraction of sp³-hybridized carbons (Fsp3) is 0.455. The van der Waals surface area contributed by atoms with Gasteiger partial charge in [0.2, 0.25) is 10.0 Å². The second kappa shape index (κ2) is 16.6. The molecule has 0 radical (unpaired) electrons. The highest BCUT2D eigenvalue weighted by Gasteiger charge is 2.27. The average Bonchev–Trinajstić information content (AvgIpc) is 3.88. The van der Waals surface area contributed by atoms with Gasteiger partial charge in [0.05, 0.1) is 31.6 Å². The van der Waals surface area contributed by atoms with Gasteiger partial charge in [-0.25, -0.2) is 13.2 Å². The first-order valence-corrected chi connectivity index (χ1v) is 18.3. The standard InChI is InChI=1S/C33H37Cl2F2N3O8S/c1-49(43,44)40(11-10-38-12-14-45-15-13-38)18-22-4-6-24(7-5-22)32(41)47-30(17-26-27(34)19-39(42)20-28(26)35)25-8-9-29(48-33(36)37)31(16-25)46-21-23-2-3-23/h4-9,16,19-20,23,30,33H,2-3,10-15,17-18,21H2,1H3/t30-/m0/s1. The van der Waals surface area contributed by atoms with E-state index in [0.717, 1.165) is 44.6 Å². The molecule has 2 fully saturated rings. The van der Waals surface area contributed by atoms with Crippen LogP contribution in [0.4, 0.5) is 8.78 Å². The fourth-order valence-electron chi connectivity index (χ4n) is 5.25. The Morgan fingerprint density at radius 3 is 2.37 bits per heavy atom. The maximum atomic E-state index is 13.5. The summed E-state index contributed by atoms with van der Waals surface area (Å²) in [6, 6.07) is 10.6. The number of sulfonamides is 1. The number of carbonyl (C=O) groups is 1. The van der Waals surface area contributed by atoms with Gasteiger partial charge in [-0.2, -0.15) is 17.8 Å². The molecule has 5 rings (SSSR count). The minimum absolute atomic E-state index is 0.0415. The van der Waals surface area contributed by atoms with Crippen molar-refractivity contribution < 1.29 is 45.7 Å². The van der Waals surface area contributed by atoms with Gasteiger partial charge in [-0.1, -0.05) is 41.4 Å². The lowest BCUT2D eigenvalue weighted by Crippen LogP contribution is -2.42. The molecule has 0 N–H and O–H groups in total. The van der Waals surface area contributed by atoms with Crippen molar-refractivity contribution in [1.29, 1.82) is 0 Å². The van der Waals surface area contributed by atoms with Crippen molar-refractivity contribution in [1.82, 2.24) is 9.21 Å². The van der Waals surface area contributed by atoms with Crippen LogP contribution in [-0.2, 0) is 32.5 Å². The minimum atomic E-state index is -3.52. The van der Waals surface area contributed by atoms with Crippen LogP contribution in [0, 0.1) is 11.1 Å². The quantitative estimate of drug-likeness (QED) is 0.110. The van der Waals surface area contributed by atoms with E-state index in [1.54, 1.807) is 12.1 Å². The third-order valence-corrected chi connectivity index (χ3v) is 10.1. The molecular formula is C33H37Cl2F2N3O8S. The van der Waals surface area contributed by atoms with E-state index < -0.39 is 28.7 Å². The zero-order valence-corrected chi connectivity index (χ0v) is 29.1. The molecule has 0 amide bonds. The monoisotopic (exact) mass is 743 g/mol. The molecule has 1 aliphatic carbocycles. The molecule has 11 nitrogen and oxygen atoms in total. The smallest absolute Gasteiger partial charge is 0.387 e. The molecule has 49 heavy (non-hydrogen) atoms. The van der Waals surface area contributed by atoms with Crippen LogP contribution >= 0.6 is 23.2 Å². The third-order valence-electron chi connectivity index (χ3n) is 8.21. The lowest BCUT2D eigenvalue weighted by Gasteiger charge is -2.29. The van der Waals surface area contributed by atoms with Gasteiger partial charge in [-0.15, -0.1) is 0 Å². The van der Waals surface area contributed by atoms with Gasteiger partial charge in [-0.05, 0) is 54.2 Å². The Bertz CT molecular complexity index is 1690. The van der Waals surface area contributed by atoms with Gasteiger partial charge in [0.25, 0.3) is 0 Å². The molecular weight excluding hydrogens is 707 g/mol.